The molecule has 17 heavy (non-hydrogen) atoms. The maximum Gasteiger partial charge on any atom is 0.0658 e. The molecule has 4 rings (SSSR count). The van der Waals surface area contributed by atoms with Gasteiger partial charge in [0.2, 0.25) is 0 Å². The van der Waals surface area contributed by atoms with E-state index < -0.39 is 0 Å². The van der Waals surface area contributed by atoms with Crippen molar-refractivity contribution in [3.05, 3.63) is 35.2 Å². The van der Waals surface area contributed by atoms with Crippen LogP contribution in [0, 0.1) is 11.3 Å². The Labute approximate surface area is 104 Å². The third-order valence-electron chi connectivity index (χ3n) is 5.17. The second-order valence-electron chi connectivity index (χ2n) is 6.25. The van der Waals surface area contributed by atoms with E-state index in [4.69, 9.17) is 0 Å². The zero-order valence-corrected chi connectivity index (χ0v) is 11.2. The molecule has 1 aromatic heterocycles. The van der Waals surface area contributed by atoms with Crippen molar-refractivity contribution in [1.29, 1.82) is 0 Å². The fourth-order valence-corrected chi connectivity index (χ4v) is 3.52. The van der Waals surface area contributed by atoms with Gasteiger partial charge in [0.25, 0.3) is 0 Å². The minimum absolute atomic E-state index is 0.506. The largest absolute Gasteiger partial charge is 0.256 e. The highest BCUT2D eigenvalue weighted by Gasteiger charge is 2.52. The van der Waals surface area contributed by atoms with Gasteiger partial charge in [-0.15, -0.1) is 0 Å². The first kappa shape index (κ1) is 11.0. The Hall–Kier alpha value is -1.11. The second-order valence-corrected chi connectivity index (χ2v) is 6.25. The van der Waals surface area contributed by atoms with Gasteiger partial charge in [-0.3, -0.25) is 4.98 Å². The van der Waals surface area contributed by atoms with Crippen molar-refractivity contribution >= 4 is 5.57 Å². The van der Waals surface area contributed by atoms with Crippen molar-refractivity contribution in [1.82, 2.24) is 4.98 Å². The van der Waals surface area contributed by atoms with Gasteiger partial charge in [-0.2, -0.15) is 0 Å². The lowest BCUT2D eigenvalue weighted by Gasteiger charge is -2.57. The lowest BCUT2D eigenvalue weighted by molar-refractivity contribution is 0.0182. The van der Waals surface area contributed by atoms with Gasteiger partial charge in [-0.25, -0.2) is 0 Å². The van der Waals surface area contributed by atoms with Gasteiger partial charge in [0.05, 0.1) is 5.69 Å². The van der Waals surface area contributed by atoms with E-state index in [2.05, 4.69) is 51.0 Å². The maximum absolute atomic E-state index is 4.64. The zero-order chi connectivity index (χ0) is 12.2. The summed E-state index contributed by atoms with van der Waals surface area (Å²) in [5, 5.41) is 0. The van der Waals surface area contributed by atoms with Crippen LogP contribution >= 0.6 is 0 Å². The van der Waals surface area contributed by atoms with Crippen molar-refractivity contribution in [2.75, 3.05) is 0 Å². The van der Waals surface area contributed by atoms with E-state index in [1.807, 2.05) is 0 Å². The normalized spacial score (nSPS) is 29.5. The molecule has 1 fully saturated rings. The highest BCUT2D eigenvalue weighted by atomic mass is 14.7. The third-order valence-corrected chi connectivity index (χ3v) is 5.17. The molecule has 1 nitrogen and oxygen atoms in total. The summed E-state index contributed by atoms with van der Waals surface area (Å²) in [5.74, 6) is 1.64. The highest BCUT2D eigenvalue weighted by Crippen LogP contribution is 2.61. The van der Waals surface area contributed by atoms with Crippen molar-refractivity contribution in [2.24, 2.45) is 11.3 Å². The van der Waals surface area contributed by atoms with Gasteiger partial charge >= 0.3 is 0 Å². The van der Waals surface area contributed by atoms with E-state index in [9.17, 15) is 0 Å². The Kier molecular flexibility index (Phi) is 2.23. The summed E-state index contributed by atoms with van der Waals surface area (Å²) in [5.41, 5.74) is 6.02. The molecule has 2 bridgehead atoms. The monoisotopic (exact) mass is 227 g/mol. The lowest BCUT2D eigenvalue weighted by atomic mass is 9.47. The van der Waals surface area contributed by atoms with Crippen LogP contribution in [0.1, 0.15) is 56.9 Å². The van der Waals surface area contributed by atoms with Crippen molar-refractivity contribution in [3.63, 3.8) is 0 Å². The molecule has 1 saturated carbocycles. The van der Waals surface area contributed by atoms with Gasteiger partial charge in [0, 0.05) is 6.20 Å². The molecule has 0 spiro atoms. The van der Waals surface area contributed by atoms with Gasteiger partial charge in [-0.1, -0.05) is 19.9 Å². The number of hydrogen-bond acceptors (Lipinski definition) is 1. The van der Waals surface area contributed by atoms with Gasteiger partial charge in [0.1, 0.15) is 0 Å². The van der Waals surface area contributed by atoms with E-state index in [1.54, 1.807) is 5.56 Å². The van der Waals surface area contributed by atoms with E-state index in [0.29, 0.717) is 5.41 Å². The molecule has 3 aliphatic carbocycles. The SMILES string of the molecule is C/C=C(\C)c1cc2c(cn1)C1CC(C2)C1(C)C. The molecule has 0 amide bonds. The quantitative estimate of drug-likeness (QED) is 0.701. The predicted molar refractivity (Wildman–Crippen MR) is 71.9 cm³/mol. The zero-order valence-electron chi connectivity index (χ0n) is 11.2. The topological polar surface area (TPSA) is 12.9 Å². The van der Waals surface area contributed by atoms with Crippen LogP contribution in [0.2, 0.25) is 0 Å². The molecule has 0 N–H and O–H groups in total. The molecule has 2 atom stereocenters. The number of allylic oxidation sites excluding steroid dienone is 2. The Balaban J connectivity index is 2.03. The van der Waals surface area contributed by atoms with E-state index in [0.717, 1.165) is 17.5 Å². The first-order chi connectivity index (χ1) is 8.04. The van der Waals surface area contributed by atoms with Crippen LogP contribution in [0.3, 0.4) is 0 Å². The van der Waals surface area contributed by atoms with Crippen LogP contribution < -0.4 is 0 Å². The molecule has 1 aromatic rings. The van der Waals surface area contributed by atoms with E-state index >= 15 is 0 Å². The molecule has 90 valence electrons. The minimum Gasteiger partial charge on any atom is -0.256 e. The van der Waals surface area contributed by atoms with E-state index in [1.165, 1.54) is 24.0 Å². The molecule has 3 aliphatic rings. The minimum atomic E-state index is 0.506. The smallest absolute Gasteiger partial charge is 0.0658 e. The molecular weight excluding hydrogens is 206 g/mol. The fraction of sp³-hybridized carbons (Fsp3) is 0.562. The van der Waals surface area contributed by atoms with E-state index in [-0.39, 0.29) is 0 Å². The Bertz CT molecular complexity index is 496. The summed E-state index contributed by atoms with van der Waals surface area (Å²) in [6, 6.07) is 2.32. The van der Waals surface area contributed by atoms with Crippen molar-refractivity contribution < 1.29 is 0 Å². The van der Waals surface area contributed by atoms with Crippen LogP contribution in [0.25, 0.3) is 5.57 Å². The van der Waals surface area contributed by atoms with Crippen LogP contribution in [-0.2, 0) is 6.42 Å². The number of pyridine rings is 1. The summed E-state index contributed by atoms with van der Waals surface area (Å²) >= 11 is 0. The molecule has 0 aliphatic heterocycles. The number of rotatable bonds is 1. The standard InChI is InChI=1S/C16H21N/c1-5-10(2)15-7-11-6-12-8-14(16(12,3)4)13(11)9-17-15/h5,7,9,12,14H,6,8H2,1-4H3/b10-5+. The predicted octanol–water partition coefficient (Wildman–Crippen LogP) is 4.19. The summed E-state index contributed by atoms with van der Waals surface area (Å²) in [6.07, 6.45) is 6.91. The Morgan fingerprint density at radius 1 is 1.47 bits per heavy atom. The fourth-order valence-electron chi connectivity index (χ4n) is 3.52. The van der Waals surface area contributed by atoms with Gasteiger partial charge in [0.15, 0.2) is 0 Å². The Morgan fingerprint density at radius 3 is 2.88 bits per heavy atom. The number of aromatic nitrogens is 1. The highest BCUT2D eigenvalue weighted by molar-refractivity contribution is 5.61. The van der Waals surface area contributed by atoms with Crippen LogP contribution in [-0.4, -0.2) is 4.98 Å². The van der Waals surface area contributed by atoms with Crippen LogP contribution in [0.4, 0.5) is 0 Å². The van der Waals surface area contributed by atoms with Crippen molar-refractivity contribution in [2.45, 2.75) is 46.5 Å². The van der Waals surface area contributed by atoms with Crippen LogP contribution in [0.5, 0.6) is 0 Å². The Morgan fingerprint density at radius 2 is 2.24 bits per heavy atom. The molecular formula is C16H21N. The molecule has 1 heteroatoms. The average molecular weight is 227 g/mol. The number of nitrogens with zero attached hydrogens (tertiary/aromatic N) is 1. The molecule has 2 unspecified atom stereocenters. The summed E-state index contributed by atoms with van der Waals surface area (Å²) < 4.78 is 0. The third kappa shape index (κ3) is 1.41. The van der Waals surface area contributed by atoms with Crippen molar-refractivity contribution in [3.8, 4) is 0 Å². The number of hydrogen-bond donors (Lipinski definition) is 0. The molecule has 0 radical (unpaired) electrons. The maximum atomic E-state index is 4.64. The summed E-state index contributed by atoms with van der Waals surface area (Å²) in [7, 11) is 0. The molecule has 0 saturated heterocycles. The van der Waals surface area contributed by atoms with Gasteiger partial charge < -0.3 is 0 Å². The lowest BCUT2D eigenvalue weighted by Crippen LogP contribution is -2.48. The summed E-state index contributed by atoms with van der Waals surface area (Å²) in [6.45, 7) is 9.05. The van der Waals surface area contributed by atoms with Gasteiger partial charge in [-0.05, 0) is 66.7 Å². The molecule has 1 heterocycles. The second kappa shape index (κ2) is 3.44. The first-order valence-corrected chi connectivity index (χ1v) is 6.66. The van der Waals surface area contributed by atoms with Crippen LogP contribution in [0.15, 0.2) is 18.3 Å². The summed E-state index contributed by atoms with van der Waals surface area (Å²) in [4.78, 5) is 4.64. The first-order valence-electron chi connectivity index (χ1n) is 6.66. The molecule has 0 aromatic carbocycles. The average Bonchev–Trinajstić information content (AvgIpc) is 2.36.